The fourth-order valence-electron chi connectivity index (χ4n) is 3.41. The number of nitrogens with one attached hydrogen (secondary N) is 1. The number of anilines is 1. The van der Waals surface area contributed by atoms with Crippen LogP contribution in [0.3, 0.4) is 0 Å². The standard InChI is InChI=1S/C21H26N2O3S/c1-15(2)23(3)27(25,26)18-13-11-17(12-14-18)22-21(24)20-10-6-8-16-7-4-5-9-19(16)20/h4-5,7,9,11-15,20H,6,8,10H2,1-3H3,(H,22,24). The first kappa shape index (κ1) is 19.6. The minimum Gasteiger partial charge on any atom is -0.326 e. The van der Waals surface area contributed by atoms with Crippen LogP contribution in [0.15, 0.2) is 53.4 Å². The van der Waals surface area contributed by atoms with Gasteiger partial charge in [-0.1, -0.05) is 24.3 Å². The minimum absolute atomic E-state index is 0.0444. The number of hydrogen-bond donors (Lipinski definition) is 1. The molecule has 2 aromatic carbocycles. The molecule has 0 spiro atoms. The lowest BCUT2D eigenvalue weighted by Crippen LogP contribution is -2.33. The summed E-state index contributed by atoms with van der Waals surface area (Å²) in [4.78, 5) is 13.0. The van der Waals surface area contributed by atoms with Crippen molar-refractivity contribution in [3.8, 4) is 0 Å². The molecule has 3 rings (SSSR count). The van der Waals surface area contributed by atoms with E-state index in [2.05, 4.69) is 11.4 Å². The molecule has 0 aromatic heterocycles. The number of rotatable bonds is 5. The minimum atomic E-state index is -3.52. The third-order valence-corrected chi connectivity index (χ3v) is 7.26. The molecule has 1 aliphatic rings. The van der Waals surface area contributed by atoms with Gasteiger partial charge in [0.1, 0.15) is 0 Å². The fourth-order valence-corrected chi connectivity index (χ4v) is 4.78. The van der Waals surface area contributed by atoms with Gasteiger partial charge in [-0.05, 0) is 68.5 Å². The Bertz CT molecular complexity index is 921. The number of carbonyl (C=O) groups excluding carboxylic acids is 1. The number of aryl methyl sites for hydroxylation is 1. The molecule has 0 bridgehead atoms. The monoisotopic (exact) mass is 386 g/mol. The van der Waals surface area contributed by atoms with Crippen molar-refractivity contribution in [1.29, 1.82) is 0 Å². The quantitative estimate of drug-likeness (QED) is 0.850. The first-order valence-electron chi connectivity index (χ1n) is 9.27. The van der Waals surface area contributed by atoms with Crippen molar-refractivity contribution in [3.63, 3.8) is 0 Å². The Morgan fingerprint density at radius 3 is 2.44 bits per heavy atom. The van der Waals surface area contributed by atoms with Gasteiger partial charge in [0.05, 0.1) is 10.8 Å². The van der Waals surface area contributed by atoms with Crippen LogP contribution >= 0.6 is 0 Å². The molecule has 0 fully saturated rings. The van der Waals surface area contributed by atoms with E-state index in [0.29, 0.717) is 5.69 Å². The number of carbonyl (C=O) groups is 1. The lowest BCUT2D eigenvalue weighted by molar-refractivity contribution is -0.117. The molecular weight excluding hydrogens is 360 g/mol. The Morgan fingerprint density at radius 1 is 1.11 bits per heavy atom. The molecule has 0 saturated carbocycles. The Balaban J connectivity index is 1.75. The summed E-state index contributed by atoms with van der Waals surface area (Å²) >= 11 is 0. The van der Waals surface area contributed by atoms with Crippen LogP contribution in [-0.2, 0) is 21.2 Å². The highest BCUT2D eigenvalue weighted by atomic mass is 32.2. The maximum atomic E-state index is 12.8. The predicted molar refractivity (Wildman–Crippen MR) is 107 cm³/mol. The molecule has 2 aromatic rings. The summed E-state index contributed by atoms with van der Waals surface area (Å²) in [5, 5.41) is 2.94. The summed E-state index contributed by atoms with van der Waals surface area (Å²) in [5.41, 5.74) is 2.94. The number of benzene rings is 2. The molecule has 1 N–H and O–H groups in total. The average molecular weight is 387 g/mol. The summed E-state index contributed by atoms with van der Waals surface area (Å²) in [6.07, 6.45) is 2.83. The number of hydrogen-bond acceptors (Lipinski definition) is 3. The first-order chi connectivity index (χ1) is 12.8. The highest BCUT2D eigenvalue weighted by Gasteiger charge is 2.27. The van der Waals surface area contributed by atoms with Gasteiger partial charge in [-0.2, -0.15) is 4.31 Å². The van der Waals surface area contributed by atoms with Gasteiger partial charge in [0.2, 0.25) is 15.9 Å². The molecule has 1 atom stereocenters. The predicted octanol–water partition coefficient (Wildman–Crippen LogP) is 3.77. The van der Waals surface area contributed by atoms with Crippen LogP contribution < -0.4 is 5.32 Å². The van der Waals surface area contributed by atoms with Gasteiger partial charge in [0.25, 0.3) is 0 Å². The summed E-state index contributed by atoms with van der Waals surface area (Å²) in [5.74, 6) is -0.206. The van der Waals surface area contributed by atoms with E-state index in [1.165, 1.54) is 9.87 Å². The molecule has 1 amide bonds. The van der Waals surface area contributed by atoms with E-state index in [-0.39, 0.29) is 22.8 Å². The van der Waals surface area contributed by atoms with Gasteiger partial charge in [-0.3, -0.25) is 4.79 Å². The molecule has 0 heterocycles. The molecule has 1 aliphatic carbocycles. The van der Waals surface area contributed by atoms with Crippen molar-refractivity contribution in [2.45, 2.75) is 50.0 Å². The zero-order chi connectivity index (χ0) is 19.6. The fraction of sp³-hybridized carbons (Fsp3) is 0.381. The molecule has 27 heavy (non-hydrogen) atoms. The zero-order valence-corrected chi connectivity index (χ0v) is 16.8. The lowest BCUT2D eigenvalue weighted by Gasteiger charge is -2.24. The van der Waals surface area contributed by atoms with E-state index in [4.69, 9.17) is 0 Å². The van der Waals surface area contributed by atoms with Gasteiger partial charge in [0.15, 0.2) is 0 Å². The smallest absolute Gasteiger partial charge is 0.243 e. The summed E-state index contributed by atoms with van der Waals surface area (Å²) in [6.45, 7) is 3.66. The highest BCUT2D eigenvalue weighted by Crippen LogP contribution is 2.32. The summed E-state index contributed by atoms with van der Waals surface area (Å²) < 4.78 is 26.4. The van der Waals surface area contributed by atoms with Gasteiger partial charge in [0, 0.05) is 18.8 Å². The largest absolute Gasteiger partial charge is 0.326 e. The first-order valence-corrected chi connectivity index (χ1v) is 10.7. The Kier molecular flexibility index (Phi) is 5.67. The second-order valence-electron chi connectivity index (χ2n) is 7.27. The average Bonchev–Trinajstić information content (AvgIpc) is 2.67. The second-order valence-corrected chi connectivity index (χ2v) is 9.27. The summed E-state index contributed by atoms with van der Waals surface area (Å²) in [7, 11) is -1.96. The second kappa shape index (κ2) is 7.82. The van der Waals surface area contributed by atoms with Crippen LogP contribution in [0.4, 0.5) is 5.69 Å². The van der Waals surface area contributed by atoms with Crippen LogP contribution in [0.5, 0.6) is 0 Å². The molecular formula is C21H26N2O3S. The van der Waals surface area contributed by atoms with E-state index in [0.717, 1.165) is 24.8 Å². The molecule has 0 saturated heterocycles. The van der Waals surface area contributed by atoms with Crippen molar-refractivity contribution in [1.82, 2.24) is 4.31 Å². The number of amides is 1. The Labute approximate surface area is 161 Å². The van der Waals surface area contributed by atoms with E-state index in [1.54, 1.807) is 31.3 Å². The zero-order valence-electron chi connectivity index (χ0n) is 16.0. The van der Waals surface area contributed by atoms with E-state index < -0.39 is 10.0 Å². The SMILES string of the molecule is CC(C)N(C)S(=O)(=O)c1ccc(NC(=O)C2CCCc3ccccc32)cc1. The van der Waals surface area contributed by atoms with Crippen molar-refractivity contribution in [2.24, 2.45) is 0 Å². The van der Waals surface area contributed by atoms with Gasteiger partial charge >= 0.3 is 0 Å². The number of fused-ring (bicyclic) bond motifs is 1. The molecule has 144 valence electrons. The van der Waals surface area contributed by atoms with Crippen LogP contribution in [0.2, 0.25) is 0 Å². The third kappa shape index (κ3) is 4.06. The molecule has 0 aliphatic heterocycles. The molecule has 5 nitrogen and oxygen atoms in total. The van der Waals surface area contributed by atoms with E-state index in [9.17, 15) is 13.2 Å². The maximum absolute atomic E-state index is 12.8. The highest BCUT2D eigenvalue weighted by molar-refractivity contribution is 7.89. The van der Waals surface area contributed by atoms with Crippen LogP contribution in [0.1, 0.15) is 43.7 Å². The molecule has 0 radical (unpaired) electrons. The Morgan fingerprint density at radius 2 is 1.78 bits per heavy atom. The van der Waals surface area contributed by atoms with Crippen LogP contribution in [0, 0.1) is 0 Å². The van der Waals surface area contributed by atoms with Crippen LogP contribution in [-0.4, -0.2) is 31.7 Å². The normalized spacial score (nSPS) is 17.0. The van der Waals surface area contributed by atoms with E-state index >= 15 is 0 Å². The van der Waals surface area contributed by atoms with Gasteiger partial charge in [-0.15, -0.1) is 0 Å². The summed E-state index contributed by atoms with van der Waals surface area (Å²) in [6, 6.07) is 14.3. The topological polar surface area (TPSA) is 66.5 Å². The Hall–Kier alpha value is -2.18. The maximum Gasteiger partial charge on any atom is 0.243 e. The molecule has 1 unspecified atom stereocenters. The van der Waals surface area contributed by atoms with Crippen molar-refractivity contribution < 1.29 is 13.2 Å². The van der Waals surface area contributed by atoms with Crippen molar-refractivity contribution in [3.05, 3.63) is 59.7 Å². The van der Waals surface area contributed by atoms with Gasteiger partial charge < -0.3 is 5.32 Å². The number of sulfonamides is 1. The van der Waals surface area contributed by atoms with Crippen molar-refractivity contribution >= 4 is 21.6 Å². The third-order valence-electron chi connectivity index (χ3n) is 5.21. The van der Waals surface area contributed by atoms with E-state index in [1.807, 2.05) is 32.0 Å². The molecule has 6 heteroatoms. The van der Waals surface area contributed by atoms with Crippen molar-refractivity contribution in [2.75, 3.05) is 12.4 Å². The lowest BCUT2D eigenvalue weighted by atomic mass is 9.82. The van der Waals surface area contributed by atoms with Crippen LogP contribution in [0.25, 0.3) is 0 Å². The number of nitrogens with zero attached hydrogens (tertiary/aromatic N) is 1. The van der Waals surface area contributed by atoms with Gasteiger partial charge in [-0.25, -0.2) is 8.42 Å².